The van der Waals surface area contributed by atoms with Gasteiger partial charge in [0.1, 0.15) is 0 Å². The Morgan fingerprint density at radius 3 is 0.909 bits per heavy atom. The van der Waals surface area contributed by atoms with Crippen molar-refractivity contribution in [3.8, 4) is 0 Å². The largest absolute Gasteiger partial charge is 0.396 e. The van der Waals surface area contributed by atoms with Crippen LogP contribution in [0.2, 0.25) is 0 Å². The minimum absolute atomic E-state index is 0.406. The molecule has 0 radical (unpaired) electrons. The molecule has 0 aromatic rings. The molecule has 0 aromatic heterocycles. The Bertz CT molecular complexity index is 53.3. The smallest absolute Gasteiger partial charge is 0.0627 e. The summed E-state index contributed by atoms with van der Waals surface area (Å²) in [5.41, 5.74) is -1.11. The number of hydrogen-bond acceptors (Lipinski definition) is 4. The molecule has 0 heterocycles. The Kier molecular flexibility index (Phi) is 9.70. The Hall–Kier alpha value is -0.160. The van der Waals surface area contributed by atoms with Crippen LogP contribution in [0.25, 0.3) is 0 Å². The van der Waals surface area contributed by atoms with E-state index in [0.717, 1.165) is 0 Å². The van der Waals surface area contributed by atoms with Crippen molar-refractivity contribution in [3.63, 3.8) is 0 Å². The van der Waals surface area contributed by atoms with Gasteiger partial charge in [-0.1, -0.05) is 13.8 Å². The molecule has 4 nitrogen and oxygen atoms in total. The summed E-state index contributed by atoms with van der Waals surface area (Å²) in [6.45, 7) is 2.38. The highest BCUT2D eigenvalue weighted by Crippen LogP contribution is 2.11. The van der Waals surface area contributed by atoms with Crippen molar-refractivity contribution in [2.75, 3.05) is 26.4 Å². The van der Waals surface area contributed by atoms with E-state index in [0.29, 0.717) is 0 Å². The molecule has 0 aliphatic heterocycles. The second kappa shape index (κ2) is 7.94. The van der Waals surface area contributed by atoms with Crippen LogP contribution in [-0.4, -0.2) is 46.9 Å². The molecule has 0 rings (SSSR count). The Labute approximate surface area is 67.1 Å². The van der Waals surface area contributed by atoms with Gasteiger partial charge < -0.3 is 20.4 Å². The third kappa shape index (κ3) is 4.31. The van der Waals surface area contributed by atoms with Crippen LogP contribution in [0.4, 0.5) is 0 Å². The van der Waals surface area contributed by atoms with Crippen molar-refractivity contribution in [2.45, 2.75) is 13.8 Å². The van der Waals surface area contributed by atoms with E-state index in [2.05, 4.69) is 0 Å². The summed E-state index contributed by atoms with van der Waals surface area (Å²) in [5.74, 6) is 0. The topological polar surface area (TPSA) is 80.9 Å². The van der Waals surface area contributed by atoms with E-state index >= 15 is 0 Å². The highest BCUT2D eigenvalue weighted by Gasteiger charge is 2.26. The maximum absolute atomic E-state index is 8.50. The summed E-state index contributed by atoms with van der Waals surface area (Å²) in [6.07, 6.45) is 0. The fraction of sp³-hybridized carbons (Fsp3) is 1.00. The molecule has 0 saturated heterocycles. The number of rotatable bonds is 4. The molecule has 4 heteroatoms. The van der Waals surface area contributed by atoms with Crippen LogP contribution in [0.15, 0.2) is 0 Å². The highest BCUT2D eigenvalue weighted by molar-refractivity contribution is 4.74. The lowest BCUT2D eigenvalue weighted by molar-refractivity contribution is -0.0328. The first kappa shape index (κ1) is 13.4. The maximum Gasteiger partial charge on any atom is 0.0627 e. The van der Waals surface area contributed by atoms with Gasteiger partial charge in [-0.15, -0.1) is 0 Å². The Morgan fingerprint density at radius 1 is 0.727 bits per heavy atom. The van der Waals surface area contributed by atoms with Gasteiger partial charge in [0.2, 0.25) is 0 Å². The molecular weight excluding hydrogens is 148 g/mol. The summed E-state index contributed by atoms with van der Waals surface area (Å²) < 4.78 is 0. The molecule has 0 aromatic carbocycles. The first-order valence-electron chi connectivity index (χ1n) is 3.68. The fourth-order valence-corrected chi connectivity index (χ4v) is 0.300. The van der Waals surface area contributed by atoms with Crippen LogP contribution in [0.5, 0.6) is 0 Å². The van der Waals surface area contributed by atoms with Crippen LogP contribution in [0.1, 0.15) is 13.8 Å². The third-order valence-electron chi connectivity index (χ3n) is 1.34. The molecule has 0 atom stereocenters. The average molecular weight is 166 g/mol. The summed E-state index contributed by atoms with van der Waals surface area (Å²) in [7, 11) is 0. The highest BCUT2D eigenvalue weighted by atomic mass is 16.3. The Morgan fingerprint density at radius 2 is 0.909 bits per heavy atom. The van der Waals surface area contributed by atoms with E-state index in [4.69, 9.17) is 20.4 Å². The zero-order chi connectivity index (χ0) is 9.33. The Balaban J connectivity index is 0. The van der Waals surface area contributed by atoms with Gasteiger partial charge in [-0.2, -0.15) is 0 Å². The maximum atomic E-state index is 8.50. The minimum Gasteiger partial charge on any atom is -0.396 e. The SMILES string of the molecule is CC.OCC(CO)(CO)CO. The molecule has 0 spiro atoms. The van der Waals surface area contributed by atoms with Crippen molar-refractivity contribution in [2.24, 2.45) is 5.41 Å². The quantitative estimate of drug-likeness (QED) is 0.430. The number of hydrogen-bond donors (Lipinski definition) is 4. The molecule has 0 saturated carbocycles. The molecule has 0 fully saturated rings. The van der Waals surface area contributed by atoms with E-state index < -0.39 is 31.8 Å². The van der Waals surface area contributed by atoms with Gasteiger partial charge in [-0.25, -0.2) is 0 Å². The molecule has 70 valence electrons. The van der Waals surface area contributed by atoms with Crippen molar-refractivity contribution in [3.05, 3.63) is 0 Å². The summed E-state index contributed by atoms with van der Waals surface area (Å²) in [5, 5.41) is 34.0. The summed E-state index contributed by atoms with van der Waals surface area (Å²) in [4.78, 5) is 0. The normalized spacial score (nSPS) is 10.4. The van der Waals surface area contributed by atoms with Crippen LogP contribution < -0.4 is 0 Å². The summed E-state index contributed by atoms with van der Waals surface area (Å²) in [6, 6.07) is 0. The molecule has 0 amide bonds. The number of aliphatic hydroxyl groups excluding tert-OH is 4. The molecule has 0 aliphatic rings. The average Bonchev–Trinajstić information content (AvgIpc) is 2.13. The molecule has 4 N–H and O–H groups in total. The number of aliphatic hydroxyl groups is 4. The standard InChI is InChI=1S/C5H12O4.C2H6/c6-1-5(2-7,3-8)4-9;1-2/h6-9H,1-4H2;1-2H3. The fourth-order valence-electron chi connectivity index (χ4n) is 0.300. The van der Waals surface area contributed by atoms with E-state index in [1.807, 2.05) is 13.8 Å². The van der Waals surface area contributed by atoms with Crippen LogP contribution in [0.3, 0.4) is 0 Å². The second-order valence-electron chi connectivity index (χ2n) is 2.13. The van der Waals surface area contributed by atoms with Gasteiger partial charge in [-0.3, -0.25) is 0 Å². The molecule has 0 unspecified atom stereocenters. The zero-order valence-electron chi connectivity index (χ0n) is 7.12. The first-order chi connectivity index (χ1) is 5.24. The van der Waals surface area contributed by atoms with Gasteiger partial charge in [0.05, 0.1) is 31.8 Å². The lowest BCUT2D eigenvalue weighted by atomic mass is 9.93. The molecule has 11 heavy (non-hydrogen) atoms. The van der Waals surface area contributed by atoms with E-state index in [1.165, 1.54) is 0 Å². The first-order valence-corrected chi connectivity index (χ1v) is 3.68. The monoisotopic (exact) mass is 166 g/mol. The van der Waals surface area contributed by atoms with Gasteiger partial charge in [0, 0.05) is 0 Å². The van der Waals surface area contributed by atoms with Crippen molar-refractivity contribution < 1.29 is 20.4 Å². The lowest BCUT2D eigenvalue weighted by Gasteiger charge is -2.23. The van der Waals surface area contributed by atoms with Gasteiger partial charge in [-0.05, 0) is 0 Å². The van der Waals surface area contributed by atoms with E-state index in [1.54, 1.807) is 0 Å². The van der Waals surface area contributed by atoms with Gasteiger partial charge >= 0.3 is 0 Å². The van der Waals surface area contributed by atoms with E-state index in [9.17, 15) is 0 Å². The van der Waals surface area contributed by atoms with Crippen molar-refractivity contribution in [1.82, 2.24) is 0 Å². The van der Waals surface area contributed by atoms with Gasteiger partial charge in [0.25, 0.3) is 0 Å². The lowest BCUT2D eigenvalue weighted by Crippen LogP contribution is -2.37. The molecule has 0 aliphatic carbocycles. The van der Waals surface area contributed by atoms with Crippen LogP contribution in [0, 0.1) is 5.41 Å². The second-order valence-corrected chi connectivity index (χ2v) is 2.13. The van der Waals surface area contributed by atoms with Gasteiger partial charge in [0.15, 0.2) is 0 Å². The van der Waals surface area contributed by atoms with Crippen molar-refractivity contribution in [1.29, 1.82) is 0 Å². The van der Waals surface area contributed by atoms with Crippen LogP contribution >= 0.6 is 0 Å². The predicted octanol–water partition coefficient (Wildman–Crippen LogP) is -1.03. The zero-order valence-corrected chi connectivity index (χ0v) is 7.12. The molecular formula is C7H18O4. The van der Waals surface area contributed by atoms with Crippen LogP contribution in [-0.2, 0) is 0 Å². The van der Waals surface area contributed by atoms with Crippen molar-refractivity contribution >= 4 is 0 Å². The molecule has 0 bridgehead atoms. The minimum atomic E-state index is -1.11. The third-order valence-corrected chi connectivity index (χ3v) is 1.34. The van der Waals surface area contributed by atoms with E-state index in [-0.39, 0.29) is 0 Å². The summed E-state index contributed by atoms with van der Waals surface area (Å²) >= 11 is 0. The predicted molar refractivity (Wildman–Crippen MR) is 42.1 cm³/mol.